The first-order valence-corrected chi connectivity index (χ1v) is 9.71. The van der Waals surface area contributed by atoms with Crippen molar-refractivity contribution in [2.24, 2.45) is 0 Å². The minimum Gasteiger partial charge on any atom is -0.368 e. The SMILES string of the molecule is C/C=C/c1ccc(C2CCC(c3ccc(C4CO4)c(F)c3F)CC2)c(F)c1F. The molecular weight excluding hydrogens is 368 g/mol. The van der Waals surface area contributed by atoms with Gasteiger partial charge in [-0.05, 0) is 55.6 Å². The molecule has 0 N–H and O–H groups in total. The molecular formula is C23H22F4O. The fourth-order valence-corrected chi connectivity index (χ4v) is 4.29. The van der Waals surface area contributed by atoms with E-state index in [1.807, 2.05) is 0 Å². The summed E-state index contributed by atoms with van der Waals surface area (Å²) in [4.78, 5) is 0. The second kappa shape index (κ2) is 7.70. The highest BCUT2D eigenvalue weighted by atomic mass is 19.2. The van der Waals surface area contributed by atoms with E-state index in [2.05, 4.69) is 0 Å². The average molecular weight is 390 g/mol. The van der Waals surface area contributed by atoms with Crippen molar-refractivity contribution in [1.29, 1.82) is 0 Å². The van der Waals surface area contributed by atoms with E-state index in [0.717, 1.165) is 0 Å². The van der Waals surface area contributed by atoms with E-state index in [0.29, 0.717) is 43.4 Å². The summed E-state index contributed by atoms with van der Waals surface area (Å²) in [6, 6.07) is 6.48. The number of rotatable bonds is 4. The molecule has 0 bridgehead atoms. The molecule has 28 heavy (non-hydrogen) atoms. The molecule has 1 nitrogen and oxygen atoms in total. The molecule has 4 rings (SSSR count). The van der Waals surface area contributed by atoms with Crippen LogP contribution in [0.2, 0.25) is 0 Å². The van der Waals surface area contributed by atoms with Gasteiger partial charge in [-0.2, -0.15) is 0 Å². The maximum atomic E-state index is 14.5. The normalized spacial score (nSPS) is 24.7. The van der Waals surface area contributed by atoms with Gasteiger partial charge in [-0.25, -0.2) is 17.6 Å². The number of hydrogen-bond donors (Lipinski definition) is 0. The van der Waals surface area contributed by atoms with Gasteiger partial charge in [0, 0.05) is 11.1 Å². The fourth-order valence-electron chi connectivity index (χ4n) is 4.29. The van der Waals surface area contributed by atoms with Crippen LogP contribution in [-0.4, -0.2) is 6.61 Å². The Bertz CT molecular complexity index is 909. The lowest BCUT2D eigenvalue weighted by Gasteiger charge is -2.30. The minimum atomic E-state index is -0.830. The van der Waals surface area contributed by atoms with E-state index < -0.39 is 23.3 Å². The highest BCUT2D eigenvalue weighted by Gasteiger charge is 2.33. The van der Waals surface area contributed by atoms with Crippen molar-refractivity contribution >= 4 is 6.08 Å². The zero-order chi connectivity index (χ0) is 19.8. The van der Waals surface area contributed by atoms with Crippen LogP contribution in [0.3, 0.4) is 0 Å². The van der Waals surface area contributed by atoms with Gasteiger partial charge in [0.15, 0.2) is 23.3 Å². The van der Waals surface area contributed by atoms with Crippen molar-refractivity contribution < 1.29 is 22.3 Å². The molecule has 0 aromatic heterocycles. The Hall–Kier alpha value is -2.14. The van der Waals surface area contributed by atoms with Gasteiger partial charge in [-0.1, -0.05) is 36.4 Å². The summed E-state index contributed by atoms with van der Waals surface area (Å²) < 4.78 is 62.6. The molecule has 1 aliphatic carbocycles. The lowest BCUT2D eigenvalue weighted by molar-refractivity contribution is 0.366. The van der Waals surface area contributed by atoms with Gasteiger partial charge in [0.1, 0.15) is 6.10 Å². The second-order valence-corrected chi connectivity index (χ2v) is 7.61. The summed E-state index contributed by atoms with van der Waals surface area (Å²) in [7, 11) is 0. The first kappa shape index (κ1) is 19.2. The molecule has 2 aliphatic rings. The van der Waals surface area contributed by atoms with Crippen LogP contribution in [-0.2, 0) is 4.74 Å². The maximum absolute atomic E-state index is 14.5. The molecule has 1 atom stereocenters. The lowest BCUT2D eigenvalue weighted by Crippen LogP contribution is -2.15. The second-order valence-electron chi connectivity index (χ2n) is 7.61. The van der Waals surface area contributed by atoms with Gasteiger partial charge < -0.3 is 4.74 Å². The molecule has 0 spiro atoms. The van der Waals surface area contributed by atoms with E-state index in [-0.39, 0.29) is 29.1 Å². The highest BCUT2D eigenvalue weighted by Crippen LogP contribution is 2.43. The topological polar surface area (TPSA) is 12.5 Å². The standard InChI is InChI=1S/C23H22F4O/c1-2-3-15-8-9-16(21(25)20(15)24)13-4-6-14(7-5-13)17-10-11-18(19-12-28-19)23(27)22(17)26/h2-3,8-11,13-14,19H,4-7,12H2,1H3/b3-2+. The van der Waals surface area contributed by atoms with Crippen molar-refractivity contribution in [3.05, 3.63) is 75.9 Å². The van der Waals surface area contributed by atoms with Crippen molar-refractivity contribution in [2.45, 2.75) is 50.5 Å². The van der Waals surface area contributed by atoms with Gasteiger partial charge >= 0.3 is 0 Å². The van der Waals surface area contributed by atoms with Crippen LogP contribution in [0.25, 0.3) is 6.08 Å². The summed E-state index contributed by atoms with van der Waals surface area (Å²) >= 11 is 0. The Morgan fingerprint density at radius 2 is 1.21 bits per heavy atom. The lowest BCUT2D eigenvalue weighted by atomic mass is 9.75. The van der Waals surface area contributed by atoms with Crippen molar-refractivity contribution in [3.8, 4) is 0 Å². The molecule has 148 valence electrons. The first-order chi connectivity index (χ1) is 13.5. The molecule has 1 aliphatic heterocycles. The Balaban J connectivity index is 1.50. The third-order valence-electron chi connectivity index (χ3n) is 5.92. The van der Waals surface area contributed by atoms with Gasteiger partial charge in [-0.3, -0.25) is 0 Å². The molecule has 2 fully saturated rings. The number of epoxide rings is 1. The van der Waals surface area contributed by atoms with Crippen LogP contribution in [0, 0.1) is 23.3 Å². The van der Waals surface area contributed by atoms with E-state index in [1.165, 1.54) is 6.08 Å². The summed E-state index contributed by atoms with van der Waals surface area (Å²) in [5.74, 6) is -3.49. The average Bonchev–Trinajstić information content (AvgIpc) is 3.53. The number of ether oxygens (including phenoxy) is 1. The van der Waals surface area contributed by atoms with Crippen molar-refractivity contribution in [1.82, 2.24) is 0 Å². The number of hydrogen-bond acceptors (Lipinski definition) is 1. The predicted molar refractivity (Wildman–Crippen MR) is 100 cm³/mol. The fraction of sp³-hybridized carbons (Fsp3) is 0.391. The minimum absolute atomic E-state index is 0.113. The van der Waals surface area contributed by atoms with Crippen molar-refractivity contribution in [2.75, 3.05) is 6.61 Å². The number of allylic oxidation sites excluding steroid dienone is 1. The molecule has 2 aromatic carbocycles. The van der Waals surface area contributed by atoms with E-state index >= 15 is 0 Å². The van der Waals surface area contributed by atoms with E-state index in [4.69, 9.17) is 4.74 Å². The van der Waals surface area contributed by atoms with Crippen LogP contribution >= 0.6 is 0 Å². The molecule has 1 heterocycles. The van der Waals surface area contributed by atoms with Crippen LogP contribution in [0.1, 0.15) is 72.8 Å². The van der Waals surface area contributed by atoms with Gasteiger partial charge in [-0.15, -0.1) is 0 Å². The predicted octanol–water partition coefficient (Wildman–Crippen LogP) is 6.79. The Morgan fingerprint density at radius 1 is 0.750 bits per heavy atom. The third kappa shape index (κ3) is 3.48. The molecule has 1 unspecified atom stereocenters. The van der Waals surface area contributed by atoms with E-state index in [1.54, 1.807) is 37.3 Å². The van der Waals surface area contributed by atoms with Gasteiger partial charge in [0.2, 0.25) is 0 Å². The molecule has 0 amide bonds. The Labute approximate surface area is 162 Å². The molecule has 1 saturated heterocycles. The van der Waals surface area contributed by atoms with Crippen LogP contribution < -0.4 is 0 Å². The molecule has 0 radical (unpaired) electrons. The highest BCUT2D eigenvalue weighted by molar-refractivity contribution is 5.51. The Morgan fingerprint density at radius 3 is 1.75 bits per heavy atom. The van der Waals surface area contributed by atoms with Crippen LogP contribution in [0.4, 0.5) is 17.6 Å². The van der Waals surface area contributed by atoms with Crippen molar-refractivity contribution in [3.63, 3.8) is 0 Å². The largest absolute Gasteiger partial charge is 0.368 e. The van der Waals surface area contributed by atoms with Crippen LogP contribution in [0.5, 0.6) is 0 Å². The van der Waals surface area contributed by atoms with Gasteiger partial charge in [0.05, 0.1) is 6.61 Å². The summed E-state index contributed by atoms with van der Waals surface area (Å²) in [6.07, 6.45) is 5.30. The molecule has 5 heteroatoms. The number of benzene rings is 2. The van der Waals surface area contributed by atoms with Crippen LogP contribution in [0.15, 0.2) is 30.3 Å². The zero-order valence-electron chi connectivity index (χ0n) is 15.7. The number of halogens is 4. The maximum Gasteiger partial charge on any atom is 0.166 e. The zero-order valence-corrected chi connectivity index (χ0v) is 15.7. The van der Waals surface area contributed by atoms with E-state index in [9.17, 15) is 17.6 Å². The smallest absolute Gasteiger partial charge is 0.166 e. The quantitative estimate of drug-likeness (QED) is 0.414. The Kier molecular flexibility index (Phi) is 5.28. The monoisotopic (exact) mass is 390 g/mol. The molecule has 1 saturated carbocycles. The third-order valence-corrected chi connectivity index (χ3v) is 5.92. The van der Waals surface area contributed by atoms with Gasteiger partial charge in [0.25, 0.3) is 0 Å². The summed E-state index contributed by atoms with van der Waals surface area (Å²) in [5, 5.41) is 0. The molecule has 2 aromatic rings. The summed E-state index contributed by atoms with van der Waals surface area (Å²) in [5.41, 5.74) is 1.25. The summed E-state index contributed by atoms with van der Waals surface area (Å²) in [6.45, 7) is 2.18. The first-order valence-electron chi connectivity index (χ1n) is 9.71.